The summed E-state index contributed by atoms with van der Waals surface area (Å²) in [6.45, 7) is 0.866. The van der Waals surface area contributed by atoms with Gasteiger partial charge in [0.15, 0.2) is 5.78 Å². The van der Waals surface area contributed by atoms with E-state index in [9.17, 15) is 4.79 Å². The zero-order valence-electron chi connectivity index (χ0n) is 11.3. The minimum absolute atomic E-state index is 0.293. The van der Waals surface area contributed by atoms with E-state index >= 15 is 0 Å². The molecule has 1 heterocycles. The average molecular weight is 255 g/mol. The number of para-hydroxylation sites is 1. The summed E-state index contributed by atoms with van der Waals surface area (Å²) in [7, 11) is 0. The molecule has 100 valence electrons. The molecule has 1 atom stereocenters. The van der Waals surface area contributed by atoms with Gasteiger partial charge < -0.3 is 4.90 Å². The third kappa shape index (κ3) is 2.58. The van der Waals surface area contributed by atoms with Crippen molar-refractivity contribution in [3.05, 3.63) is 42.0 Å². The van der Waals surface area contributed by atoms with Gasteiger partial charge in [-0.3, -0.25) is 4.79 Å². The zero-order chi connectivity index (χ0) is 13.1. The van der Waals surface area contributed by atoms with E-state index in [4.69, 9.17) is 0 Å². The Bertz CT molecular complexity index is 492. The Kier molecular flexibility index (Phi) is 3.67. The van der Waals surface area contributed by atoms with Gasteiger partial charge in [-0.25, -0.2) is 0 Å². The van der Waals surface area contributed by atoms with Crippen molar-refractivity contribution in [1.29, 1.82) is 0 Å². The van der Waals surface area contributed by atoms with Gasteiger partial charge in [-0.2, -0.15) is 0 Å². The van der Waals surface area contributed by atoms with Crippen LogP contribution in [0.15, 0.2) is 36.4 Å². The highest BCUT2D eigenvalue weighted by atomic mass is 16.1. The first kappa shape index (κ1) is 12.5. The lowest BCUT2D eigenvalue weighted by Crippen LogP contribution is -2.39. The number of rotatable bonds is 1. The van der Waals surface area contributed by atoms with Gasteiger partial charge in [0.25, 0.3) is 0 Å². The SMILES string of the molecule is O=C1CCN(C2/C=C/CCCCC2)c2ccccc21. The number of ketones is 1. The van der Waals surface area contributed by atoms with Crippen molar-refractivity contribution in [3.63, 3.8) is 0 Å². The molecular weight excluding hydrogens is 234 g/mol. The molecule has 0 N–H and O–H groups in total. The predicted molar refractivity (Wildman–Crippen MR) is 78.7 cm³/mol. The van der Waals surface area contributed by atoms with Gasteiger partial charge >= 0.3 is 0 Å². The summed E-state index contributed by atoms with van der Waals surface area (Å²) < 4.78 is 0. The van der Waals surface area contributed by atoms with Crippen LogP contribution in [0.5, 0.6) is 0 Å². The average Bonchev–Trinajstić information content (AvgIpc) is 2.40. The molecule has 3 rings (SSSR count). The molecule has 0 aromatic heterocycles. The van der Waals surface area contributed by atoms with Crippen molar-refractivity contribution in [2.24, 2.45) is 0 Å². The third-order valence-electron chi connectivity index (χ3n) is 4.22. The standard InChI is InChI=1S/C17H21NO/c19-17-12-13-18(16-11-7-6-10-15(16)17)14-8-4-2-1-3-5-9-14/h4,6-8,10-11,14H,1-3,5,9,12-13H2/b8-4+. The van der Waals surface area contributed by atoms with E-state index < -0.39 is 0 Å². The van der Waals surface area contributed by atoms with Crippen LogP contribution in [0.2, 0.25) is 0 Å². The Labute approximate surface area is 115 Å². The topological polar surface area (TPSA) is 20.3 Å². The summed E-state index contributed by atoms with van der Waals surface area (Å²) in [5.74, 6) is 0.293. The lowest BCUT2D eigenvalue weighted by Gasteiger charge is -2.36. The largest absolute Gasteiger partial charge is 0.364 e. The number of allylic oxidation sites excluding steroid dienone is 1. The number of hydrogen-bond donors (Lipinski definition) is 0. The van der Waals surface area contributed by atoms with Gasteiger partial charge in [0.05, 0.1) is 0 Å². The zero-order valence-corrected chi connectivity index (χ0v) is 11.3. The molecule has 0 saturated carbocycles. The summed E-state index contributed by atoms with van der Waals surface area (Å²) in [6.07, 6.45) is 11.7. The van der Waals surface area contributed by atoms with E-state index in [0.717, 1.165) is 17.8 Å². The highest BCUT2D eigenvalue weighted by molar-refractivity contribution is 6.03. The number of benzene rings is 1. The van der Waals surface area contributed by atoms with Crippen LogP contribution in [-0.2, 0) is 0 Å². The third-order valence-corrected chi connectivity index (χ3v) is 4.22. The summed E-state index contributed by atoms with van der Waals surface area (Å²) >= 11 is 0. The molecule has 2 heteroatoms. The van der Waals surface area contributed by atoms with Gasteiger partial charge in [-0.05, 0) is 31.4 Å². The van der Waals surface area contributed by atoms with E-state index in [2.05, 4.69) is 23.1 Å². The van der Waals surface area contributed by atoms with Crippen LogP contribution in [0.25, 0.3) is 0 Å². The second-order valence-corrected chi connectivity index (χ2v) is 5.52. The van der Waals surface area contributed by atoms with E-state index in [1.807, 2.05) is 18.2 Å². The Morgan fingerprint density at radius 3 is 2.95 bits per heavy atom. The fourth-order valence-electron chi connectivity index (χ4n) is 3.18. The lowest BCUT2D eigenvalue weighted by atomic mass is 9.95. The van der Waals surface area contributed by atoms with Crippen LogP contribution < -0.4 is 4.90 Å². The fourth-order valence-corrected chi connectivity index (χ4v) is 3.18. The van der Waals surface area contributed by atoms with Crippen molar-refractivity contribution in [2.45, 2.75) is 44.6 Å². The van der Waals surface area contributed by atoms with E-state index in [1.54, 1.807) is 0 Å². The minimum atomic E-state index is 0.293. The second kappa shape index (κ2) is 5.60. The molecule has 1 aromatic rings. The van der Waals surface area contributed by atoms with E-state index in [0.29, 0.717) is 18.2 Å². The summed E-state index contributed by atoms with van der Waals surface area (Å²) in [5.41, 5.74) is 2.04. The van der Waals surface area contributed by atoms with Crippen LogP contribution >= 0.6 is 0 Å². The number of Topliss-reactive ketones (excluding diaryl/α,β-unsaturated/α-hetero) is 1. The smallest absolute Gasteiger partial charge is 0.166 e. The van der Waals surface area contributed by atoms with Gasteiger partial charge in [-0.1, -0.05) is 37.1 Å². The molecule has 0 saturated heterocycles. The predicted octanol–water partition coefficient (Wildman–Crippen LogP) is 3.97. The minimum Gasteiger partial charge on any atom is -0.364 e. The number of carbonyl (C=O) groups excluding carboxylic acids is 1. The molecule has 0 bridgehead atoms. The van der Waals surface area contributed by atoms with Crippen molar-refractivity contribution >= 4 is 11.5 Å². The monoisotopic (exact) mass is 255 g/mol. The fraction of sp³-hybridized carbons (Fsp3) is 0.471. The number of fused-ring (bicyclic) bond motifs is 1. The summed E-state index contributed by atoms with van der Waals surface area (Å²) in [5, 5.41) is 0. The molecule has 0 radical (unpaired) electrons. The molecule has 0 amide bonds. The second-order valence-electron chi connectivity index (χ2n) is 5.52. The number of nitrogens with zero attached hydrogens (tertiary/aromatic N) is 1. The molecule has 1 aliphatic heterocycles. The highest BCUT2D eigenvalue weighted by Crippen LogP contribution is 2.30. The van der Waals surface area contributed by atoms with Gasteiger partial charge in [0.2, 0.25) is 0 Å². The molecule has 1 unspecified atom stereocenters. The van der Waals surface area contributed by atoms with Crippen molar-refractivity contribution in [3.8, 4) is 0 Å². The van der Waals surface area contributed by atoms with Crippen LogP contribution in [0.1, 0.15) is 48.9 Å². The number of carbonyl (C=O) groups is 1. The summed E-state index contributed by atoms with van der Waals surface area (Å²) in [4.78, 5) is 14.4. The molecule has 19 heavy (non-hydrogen) atoms. The normalized spacial score (nSPS) is 25.4. The highest BCUT2D eigenvalue weighted by Gasteiger charge is 2.26. The van der Waals surface area contributed by atoms with Crippen molar-refractivity contribution in [2.75, 3.05) is 11.4 Å². The maximum Gasteiger partial charge on any atom is 0.166 e. The molecule has 0 fully saturated rings. The van der Waals surface area contributed by atoms with Crippen LogP contribution in [0.4, 0.5) is 5.69 Å². The van der Waals surface area contributed by atoms with E-state index in [-0.39, 0.29) is 0 Å². The molecule has 1 aromatic carbocycles. The van der Waals surface area contributed by atoms with Crippen LogP contribution in [-0.4, -0.2) is 18.4 Å². The quantitative estimate of drug-likeness (QED) is 0.708. The molecule has 2 nitrogen and oxygen atoms in total. The molecule has 2 aliphatic rings. The van der Waals surface area contributed by atoms with Crippen molar-refractivity contribution in [1.82, 2.24) is 0 Å². The van der Waals surface area contributed by atoms with E-state index in [1.165, 1.54) is 32.1 Å². The summed E-state index contributed by atoms with van der Waals surface area (Å²) in [6, 6.07) is 8.54. The molecule has 1 aliphatic carbocycles. The van der Waals surface area contributed by atoms with Gasteiger partial charge in [0, 0.05) is 30.3 Å². The Hall–Kier alpha value is -1.57. The first-order valence-electron chi connectivity index (χ1n) is 7.42. The molecular formula is C17H21NO. The first-order chi connectivity index (χ1) is 9.36. The Balaban J connectivity index is 1.90. The molecule has 0 spiro atoms. The maximum atomic E-state index is 12.0. The Morgan fingerprint density at radius 2 is 2.00 bits per heavy atom. The first-order valence-corrected chi connectivity index (χ1v) is 7.42. The van der Waals surface area contributed by atoms with Crippen LogP contribution in [0, 0.1) is 0 Å². The lowest BCUT2D eigenvalue weighted by molar-refractivity contribution is 0.0979. The van der Waals surface area contributed by atoms with Crippen molar-refractivity contribution < 1.29 is 4.79 Å². The number of anilines is 1. The van der Waals surface area contributed by atoms with Gasteiger partial charge in [0.1, 0.15) is 0 Å². The maximum absolute atomic E-state index is 12.0. The number of hydrogen-bond acceptors (Lipinski definition) is 2. The van der Waals surface area contributed by atoms with Crippen LogP contribution in [0.3, 0.4) is 0 Å². The Morgan fingerprint density at radius 1 is 1.11 bits per heavy atom. The van der Waals surface area contributed by atoms with Gasteiger partial charge in [-0.15, -0.1) is 0 Å².